The van der Waals surface area contributed by atoms with Gasteiger partial charge >= 0.3 is 0 Å². The maximum absolute atomic E-state index is 5.96. The second-order valence-electron chi connectivity index (χ2n) is 7.16. The Hall–Kier alpha value is -4.25. The fraction of sp³-hybridized carbons (Fsp3) is 0.0385. The van der Waals surface area contributed by atoms with Crippen molar-refractivity contribution in [2.75, 3.05) is 5.73 Å². The van der Waals surface area contributed by atoms with E-state index in [9.17, 15) is 0 Å². The van der Waals surface area contributed by atoms with Gasteiger partial charge in [0.1, 0.15) is 18.2 Å². The van der Waals surface area contributed by atoms with Gasteiger partial charge < -0.3 is 10.5 Å². The van der Waals surface area contributed by atoms with Crippen LogP contribution in [0.15, 0.2) is 97.2 Å². The molecular formula is C26H20N4O. The van der Waals surface area contributed by atoms with E-state index in [4.69, 9.17) is 10.5 Å². The third-order valence-corrected chi connectivity index (χ3v) is 5.03. The molecule has 0 aliphatic heterocycles. The number of rotatable bonds is 5. The molecule has 5 rings (SSSR count). The number of fused-ring (bicyclic) bond motifs is 1. The van der Waals surface area contributed by atoms with Crippen molar-refractivity contribution < 1.29 is 4.74 Å². The molecule has 0 atom stereocenters. The summed E-state index contributed by atoms with van der Waals surface area (Å²) in [6, 6.07) is 29.6. The Morgan fingerprint density at radius 2 is 1.52 bits per heavy atom. The zero-order chi connectivity index (χ0) is 21.0. The number of benzene rings is 2. The first kappa shape index (κ1) is 18.8. The van der Waals surface area contributed by atoms with Crippen LogP contribution < -0.4 is 10.5 Å². The second-order valence-corrected chi connectivity index (χ2v) is 7.16. The first-order valence-corrected chi connectivity index (χ1v) is 10.0. The average molecular weight is 404 g/mol. The highest BCUT2D eigenvalue weighted by Crippen LogP contribution is 2.32. The Bertz CT molecular complexity index is 1340. The Morgan fingerprint density at radius 3 is 2.35 bits per heavy atom. The van der Waals surface area contributed by atoms with Gasteiger partial charge in [0, 0.05) is 17.3 Å². The van der Waals surface area contributed by atoms with Gasteiger partial charge in [-0.3, -0.25) is 4.98 Å². The van der Waals surface area contributed by atoms with Crippen molar-refractivity contribution in [2.45, 2.75) is 6.61 Å². The van der Waals surface area contributed by atoms with Crippen LogP contribution in [-0.4, -0.2) is 15.0 Å². The van der Waals surface area contributed by atoms with E-state index in [1.807, 2.05) is 91.0 Å². The number of ether oxygens (including phenoxy) is 1. The van der Waals surface area contributed by atoms with Gasteiger partial charge in [-0.15, -0.1) is 0 Å². The van der Waals surface area contributed by atoms with Crippen molar-refractivity contribution >= 4 is 16.9 Å². The van der Waals surface area contributed by atoms with Crippen LogP contribution in [-0.2, 0) is 6.61 Å². The molecule has 0 unspecified atom stereocenters. The van der Waals surface area contributed by atoms with Gasteiger partial charge in [-0.25, -0.2) is 9.97 Å². The van der Waals surface area contributed by atoms with Crippen molar-refractivity contribution in [3.8, 4) is 28.1 Å². The molecule has 3 aromatic heterocycles. The van der Waals surface area contributed by atoms with Crippen LogP contribution in [0.2, 0.25) is 0 Å². The van der Waals surface area contributed by atoms with Crippen LogP contribution in [0.25, 0.3) is 33.4 Å². The lowest BCUT2D eigenvalue weighted by Gasteiger charge is -2.11. The number of nitrogens with zero attached hydrogens (tertiary/aromatic N) is 3. The number of nitrogens with two attached hydrogens (primary N) is 1. The minimum atomic E-state index is 0.392. The van der Waals surface area contributed by atoms with Gasteiger partial charge in [0.15, 0.2) is 0 Å². The zero-order valence-electron chi connectivity index (χ0n) is 16.8. The number of hydrogen-bond donors (Lipinski definition) is 1. The van der Waals surface area contributed by atoms with Crippen LogP contribution in [0.3, 0.4) is 0 Å². The van der Waals surface area contributed by atoms with E-state index in [0.717, 1.165) is 44.9 Å². The summed E-state index contributed by atoms with van der Waals surface area (Å²) in [7, 11) is 0. The lowest BCUT2D eigenvalue weighted by atomic mass is 9.99. The molecule has 0 radical (unpaired) electrons. The van der Waals surface area contributed by atoms with Gasteiger partial charge in [-0.1, -0.05) is 42.5 Å². The third kappa shape index (κ3) is 4.07. The molecule has 0 fully saturated rings. The number of pyridine rings is 3. The second kappa shape index (κ2) is 8.24. The molecule has 0 spiro atoms. The van der Waals surface area contributed by atoms with Crippen LogP contribution in [0.4, 0.5) is 5.82 Å². The van der Waals surface area contributed by atoms with Crippen molar-refractivity contribution in [3.63, 3.8) is 0 Å². The summed E-state index contributed by atoms with van der Waals surface area (Å²) in [6.45, 7) is 0.392. The van der Waals surface area contributed by atoms with E-state index in [1.54, 1.807) is 6.20 Å². The van der Waals surface area contributed by atoms with Gasteiger partial charge in [-0.2, -0.15) is 0 Å². The van der Waals surface area contributed by atoms with Crippen molar-refractivity contribution in [3.05, 3.63) is 103 Å². The van der Waals surface area contributed by atoms with E-state index < -0.39 is 0 Å². The predicted octanol–water partition coefficient (Wildman–Crippen LogP) is 5.52. The fourth-order valence-corrected chi connectivity index (χ4v) is 3.49. The number of nitrogen functional groups attached to an aromatic ring is 1. The first-order chi connectivity index (χ1) is 15.3. The minimum Gasteiger partial charge on any atom is -0.487 e. The summed E-state index contributed by atoms with van der Waals surface area (Å²) in [5.74, 6) is 1.28. The largest absolute Gasteiger partial charge is 0.487 e. The first-order valence-electron chi connectivity index (χ1n) is 10.0. The summed E-state index contributed by atoms with van der Waals surface area (Å²) >= 11 is 0. The molecule has 150 valence electrons. The maximum atomic E-state index is 5.96. The van der Waals surface area contributed by atoms with E-state index >= 15 is 0 Å². The molecule has 2 N–H and O–H groups in total. The van der Waals surface area contributed by atoms with Crippen molar-refractivity contribution in [1.82, 2.24) is 15.0 Å². The summed E-state index contributed by atoms with van der Waals surface area (Å²) < 4.78 is 5.95. The summed E-state index contributed by atoms with van der Waals surface area (Å²) in [6.07, 6.45) is 1.77. The third-order valence-electron chi connectivity index (χ3n) is 5.03. The van der Waals surface area contributed by atoms with E-state index in [1.165, 1.54) is 0 Å². The lowest BCUT2D eigenvalue weighted by Crippen LogP contribution is -1.99. The maximum Gasteiger partial charge on any atom is 0.130 e. The van der Waals surface area contributed by atoms with Crippen molar-refractivity contribution in [1.29, 1.82) is 0 Å². The molecule has 0 aliphatic carbocycles. The Labute approximate surface area is 180 Å². The SMILES string of the molecule is Nc1ccc(-c2ccc(OCc3ccc4ncccc4n3)cc2)c(-c2ccccc2)n1. The van der Waals surface area contributed by atoms with Gasteiger partial charge in [0.25, 0.3) is 0 Å². The molecule has 0 amide bonds. The number of anilines is 1. The van der Waals surface area contributed by atoms with Crippen LogP contribution in [0.5, 0.6) is 5.75 Å². The highest BCUT2D eigenvalue weighted by atomic mass is 16.5. The summed E-state index contributed by atoms with van der Waals surface area (Å²) in [4.78, 5) is 13.5. The normalized spacial score (nSPS) is 10.8. The Balaban J connectivity index is 1.37. The standard InChI is InChI=1S/C26H20N4O/c27-25-15-13-22(26(30-25)19-5-2-1-3-6-19)18-8-11-21(12-9-18)31-17-20-10-14-23-24(29-20)7-4-16-28-23/h1-16H,17H2,(H2,27,30). The van der Waals surface area contributed by atoms with Gasteiger partial charge in [0.05, 0.1) is 22.4 Å². The minimum absolute atomic E-state index is 0.392. The molecule has 5 aromatic rings. The molecule has 0 saturated heterocycles. The van der Waals surface area contributed by atoms with E-state index in [-0.39, 0.29) is 0 Å². The molecule has 0 aliphatic rings. The lowest BCUT2D eigenvalue weighted by molar-refractivity contribution is 0.302. The highest BCUT2D eigenvalue weighted by molar-refractivity contribution is 5.82. The van der Waals surface area contributed by atoms with Gasteiger partial charge in [-0.05, 0) is 54.1 Å². The summed E-state index contributed by atoms with van der Waals surface area (Å²) in [5.41, 5.74) is 12.5. The van der Waals surface area contributed by atoms with Crippen LogP contribution in [0.1, 0.15) is 5.69 Å². The predicted molar refractivity (Wildman–Crippen MR) is 123 cm³/mol. The van der Waals surface area contributed by atoms with Crippen LogP contribution in [0, 0.1) is 0 Å². The molecule has 2 aromatic carbocycles. The smallest absolute Gasteiger partial charge is 0.130 e. The van der Waals surface area contributed by atoms with E-state index in [2.05, 4.69) is 15.0 Å². The highest BCUT2D eigenvalue weighted by Gasteiger charge is 2.10. The van der Waals surface area contributed by atoms with Gasteiger partial charge in [0.2, 0.25) is 0 Å². The quantitative estimate of drug-likeness (QED) is 0.417. The topological polar surface area (TPSA) is 73.9 Å². The van der Waals surface area contributed by atoms with Crippen molar-refractivity contribution in [2.24, 2.45) is 0 Å². The molecule has 31 heavy (non-hydrogen) atoms. The van der Waals surface area contributed by atoms with E-state index in [0.29, 0.717) is 12.4 Å². The number of hydrogen-bond acceptors (Lipinski definition) is 5. The zero-order valence-corrected chi connectivity index (χ0v) is 16.8. The molecule has 3 heterocycles. The Kier molecular flexibility index (Phi) is 4.99. The van der Waals surface area contributed by atoms with Crippen LogP contribution >= 0.6 is 0 Å². The molecule has 5 nitrogen and oxygen atoms in total. The summed E-state index contributed by atoms with van der Waals surface area (Å²) in [5, 5.41) is 0. The Morgan fingerprint density at radius 1 is 0.677 bits per heavy atom. The molecular weight excluding hydrogens is 384 g/mol. The average Bonchev–Trinajstić information content (AvgIpc) is 2.83. The molecule has 0 bridgehead atoms. The monoisotopic (exact) mass is 404 g/mol. The molecule has 0 saturated carbocycles. The molecule has 5 heteroatoms. The number of aromatic nitrogens is 3. The fourth-order valence-electron chi connectivity index (χ4n) is 3.49.